The third-order valence-corrected chi connectivity index (χ3v) is 3.75. The Kier molecular flexibility index (Phi) is 7.57. The highest BCUT2D eigenvalue weighted by Gasteiger charge is 2.28. The van der Waals surface area contributed by atoms with E-state index in [0.29, 0.717) is 18.2 Å². The highest BCUT2D eigenvalue weighted by molar-refractivity contribution is 5.93. The molecule has 6 nitrogen and oxygen atoms in total. The molecule has 23 heavy (non-hydrogen) atoms. The first-order chi connectivity index (χ1) is 10.6. The molecule has 1 aliphatic rings. The number of halogens is 1. The summed E-state index contributed by atoms with van der Waals surface area (Å²) in [6.07, 6.45) is 1.61. The van der Waals surface area contributed by atoms with E-state index < -0.39 is 0 Å². The van der Waals surface area contributed by atoms with Gasteiger partial charge >= 0.3 is 6.03 Å². The van der Waals surface area contributed by atoms with Gasteiger partial charge in [0.2, 0.25) is 5.91 Å². The molecule has 1 fully saturated rings. The molecule has 4 N–H and O–H groups in total. The van der Waals surface area contributed by atoms with E-state index in [9.17, 15) is 9.59 Å². The average Bonchev–Trinajstić information content (AvgIpc) is 2.45. The number of carbonyl (C=O) groups excluding carboxylic acids is 2. The van der Waals surface area contributed by atoms with Gasteiger partial charge in [-0.3, -0.25) is 4.79 Å². The molecule has 1 heterocycles. The van der Waals surface area contributed by atoms with Gasteiger partial charge in [-0.05, 0) is 43.3 Å². The summed E-state index contributed by atoms with van der Waals surface area (Å²) < 4.78 is 0. The monoisotopic (exact) mass is 338 g/mol. The summed E-state index contributed by atoms with van der Waals surface area (Å²) in [6, 6.07) is 6.75. The van der Waals surface area contributed by atoms with Crippen molar-refractivity contribution in [2.24, 2.45) is 11.8 Å². The molecular formula is C16H23ClN4O2. The fourth-order valence-electron chi connectivity index (χ4n) is 2.11. The van der Waals surface area contributed by atoms with Gasteiger partial charge < -0.3 is 21.3 Å². The van der Waals surface area contributed by atoms with Crippen molar-refractivity contribution < 1.29 is 9.59 Å². The van der Waals surface area contributed by atoms with Crippen molar-refractivity contribution in [2.75, 3.05) is 30.3 Å². The number of urea groups is 1. The maximum atomic E-state index is 12.1. The fraction of sp³-hybridized carbons (Fsp3) is 0.375. The molecule has 0 aromatic heterocycles. The number of carbonyl (C=O) groups is 2. The van der Waals surface area contributed by atoms with Crippen LogP contribution in [-0.4, -0.2) is 31.6 Å². The molecule has 7 heteroatoms. The lowest BCUT2D eigenvalue weighted by molar-refractivity contribution is -0.121. The van der Waals surface area contributed by atoms with Gasteiger partial charge in [-0.1, -0.05) is 13.0 Å². The van der Waals surface area contributed by atoms with E-state index in [2.05, 4.69) is 27.8 Å². The van der Waals surface area contributed by atoms with E-state index in [0.717, 1.165) is 18.8 Å². The smallest absolute Gasteiger partial charge is 0.319 e. The molecule has 0 saturated carbocycles. The van der Waals surface area contributed by atoms with Crippen molar-refractivity contribution in [2.45, 2.75) is 6.92 Å². The van der Waals surface area contributed by atoms with Crippen molar-refractivity contribution in [3.05, 3.63) is 36.9 Å². The van der Waals surface area contributed by atoms with Crippen LogP contribution in [0.2, 0.25) is 0 Å². The minimum Gasteiger partial charge on any atom is -0.334 e. The molecule has 1 aliphatic heterocycles. The summed E-state index contributed by atoms with van der Waals surface area (Å²) in [5.74, 6) is 0.425. The van der Waals surface area contributed by atoms with Gasteiger partial charge in [-0.25, -0.2) is 4.79 Å². The van der Waals surface area contributed by atoms with Crippen LogP contribution in [0.5, 0.6) is 0 Å². The van der Waals surface area contributed by atoms with Crippen LogP contribution < -0.4 is 21.3 Å². The number of hydrogen-bond donors (Lipinski definition) is 4. The van der Waals surface area contributed by atoms with Crippen LogP contribution in [0.1, 0.15) is 6.92 Å². The van der Waals surface area contributed by atoms with Crippen LogP contribution in [0, 0.1) is 11.8 Å². The first-order valence-corrected chi connectivity index (χ1v) is 7.37. The highest BCUT2D eigenvalue weighted by Crippen LogP contribution is 2.19. The molecule has 0 radical (unpaired) electrons. The van der Waals surface area contributed by atoms with E-state index in [-0.39, 0.29) is 30.3 Å². The summed E-state index contributed by atoms with van der Waals surface area (Å²) in [4.78, 5) is 23.6. The van der Waals surface area contributed by atoms with Crippen molar-refractivity contribution in [3.63, 3.8) is 0 Å². The van der Waals surface area contributed by atoms with Crippen LogP contribution in [0.4, 0.5) is 16.2 Å². The molecule has 1 atom stereocenters. The first kappa shape index (κ1) is 19.0. The minimum absolute atomic E-state index is 0. The topological polar surface area (TPSA) is 82.3 Å². The zero-order chi connectivity index (χ0) is 15.9. The van der Waals surface area contributed by atoms with Crippen LogP contribution in [0.3, 0.4) is 0 Å². The Morgan fingerprint density at radius 2 is 1.83 bits per heavy atom. The standard InChI is InChI=1S/C16H22N4O2.ClH/c1-3-8-18-16(22)20-14-6-4-13(5-7-14)19-15(21)11(2)12-9-17-10-12;/h3-7,11-12,17H,1,8-10H2,2H3,(H,19,21)(H2,18,20,22);1H. The van der Waals surface area contributed by atoms with Gasteiger partial charge in [-0.15, -0.1) is 19.0 Å². The number of benzene rings is 1. The second-order valence-electron chi connectivity index (χ2n) is 5.40. The zero-order valence-corrected chi connectivity index (χ0v) is 13.9. The number of anilines is 2. The Balaban J connectivity index is 0.00000264. The van der Waals surface area contributed by atoms with Crippen LogP contribution in [-0.2, 0) is 4.79 Å². The van der Waals surface area contributed by atoms with E-state index in [4.69, 9.17) is 0 Å². The lowest BCUT2D eigenvalue weighted by atomic mass is 9.88. The number of rotatable bonds is 6. The third-order valence-electron chi connectivity index (χ3n) is 3.75. The third kappa shape index (κ3) is 5.58. The van der Waals surface area contributed by atoms with Gasteiger partial charge in [0, 0.05) is 23.8 Å². The fourth-order valence-corrected chi connectivity index (χ4v) is 2.11. The molecule has 3 amide bonds. The largest absolute Gasteiger partial charge is 0.334 e. The molecular weight excluding hydrogens is 316 g/mol. The Morgan fingerprint density at radius 3 is 2.30 bits per heavy atom. The molecule has 1 saturated heterocycles. The normalized spacial score (nSPS) is 14.7. The quantitative estimate of drug-likeness (QED) is 0.600. The summed E-state index contributed by atoms with van der Waals surface area (Å²) in [5.41, 5.74) is 1.39. The predicted octanol–water partition coefficient (Wildman–Crippen LogP) is 2.21. The molecule has 2 rings (SSSR count). The Morgan fingerprint density at radius 1 is 1.26 bits per heavy atom. The number of hydrogen-bond acceptors (Lipinski definition) is 3. The van der Waals surface area contributed by atoms with Crippen LogP contribution in [0.25, 0.3) is 0 Å². The SMILES string of the molecule is C=CCNC(=O)Nc1ccc(NC(=O)C(C)C2CNC2)cc1.Cl. The van der Waals surface area contributed by atoms with E-state index in [1.54, 1.807) is 30.3 Å². The zero-order valence-electron chi connectivity index (χ0n) is 13.1. The van der Waals surface area contributed by atoms with E-state index in [1.165, 1.54) is 0 Å². The van der Waals surface area contributed by atoms with Crippen molar-refractivity contribution in [3.8, 4) is 0 Å². The van der Waals surface area contributed by atoms with Gasteiger partial charge in [-0.2, -0.15) is 0 Å². The summed E-state index contributed by atoms with van der Waals surface area (Å²) in [5, 5.41) is 11.4. The summed E-state index contributed by atoms with van der Waals surface area (Å²) in [6.45, 7) is 7.68. The van der Waals surface area contributed by atoms with Crippen molar-refractivity contribution in [1.29, 1.82) is 0 Å². The molecule has 126 valence electrons. The summed E-state index contributed by atoms with van der Waals surface area (Å²) in [7, 11) is 0. The number of nitrogens with one attached hydrogen (secondary N) is 4. The highest BCUT2D eigenvalue weighted by atomic mass is 35.5. The molecule has 0 spiro atoms. The van der Waals surface area contributed by atoms with Crippen molar-refractivity contribution >= 4 is 35.7 Å². The molecule has 1 unspecified atom stereocenters. The Bertz CT molecular complexity index is 544. The van der Waals surface area contributed by atoms with Gasteiger partial charge in [0.05, 0.1) is 0 Å². The molecule has 1 aromatic rings. The molecule has 0 aliphatic carbocycles. The molecule has 1 aromatic carbocycles. The van der Waals surface area contributed by atoms with Crippen LogP contribution >= 0.6 is 12.4 Å². The average molecular weight is 339 g/mol. The maximum absolute atomic E-state index is 12.1. The van der Waals surface area contributed by atoms with E-state index in [1.807, 2.05) is 6.92 Å². The lowest BCUT2D eigenvalue weighted by Gasteiger charge is -2.31. The second-order valence-corrected chi connectivity index (χ2v) is 5.40. The Hall–Kier alpha value is -2.05. The second kappa shape index (κ2) is 9.17. The van der Waals surface area contributed by atoms with Gasteiger partial charge in [0.1, 0.15) is 0 Å². The van der Waals surface area contributed by atoms with Crippen molar-refractivity contribution in [1.82, 2.24) is 10.6 Å². The van der Waals surface area contributed by atoms with E-state index >= 15 is 0 Å². The Labute approximate surface area is 142 Å². The van der Waals surface area contributed by atoms with Gasteiger partial charge in [0.15, 0.2) is 0 Å². The summed E-state index contributed by atoms with van der Waals surface area (Å²) >= 11 is 0. The molecule has 0 bridgehead atoms. The van der Waals surface area contributed by atoms with Gasteiger partial charge in [0.25, 0.3) is 0 Å². The number of amides is 3. The predicted molar refractivity (Wildman–Crippen MR) is 95.1 cm³/mol. The maximum Gasteiger partial charge on any atom is 0.319 e. The minimum atomic E-state index is -0.289. The van der Waals surface area contributed by atoms with Crippen LogP contribution in [0.15, 0.2) is 36.9 Å². The lowest BCUT2D eigenvalue weighted by Crippen LogP contribution is -2.48. The first-order valence-electron chi connectivity index (χ1n) is 7.37.